The predicted molar refractivity (Wildman–Crippen MR) is 124 cm³/mol. The Kier molecular flexibility index (Phi) is 6.05. The maximum atomic E-state index is 13.2. The SMILES string of the molecule is CC(CCn1nc(-c2cccs2)c(O)c(C2=NP(=O)(O)c3cc(N)ccc3N2)c1=O)C(F)(F)F. The average molecular weight is 513 g/mol. The number of aromatic nitrogens is 2. The molecule has 0 radical (unpaired) electrons. The summed E-state index contributed by atoms with van der Waals surface area (Å²) in [4.78, 5) is 24.1. The molecule has 0 saturated heterocycles. The summed E-state index contributed by atoms with van der Waals surface area (Å²) in [5, 5.41) is 19.4. The highest BCUT2D eigenvalue weighted by atomic mass is 32.1. The molecule has 5 N–H and O–H groups in total. The van der Waals surface area contributed by atoms with Crippen molar-refractivity contribution in [2.45, 2.75) is 26.1 Å². The molecule has 2 aromatic heterocycles. The number of hydrogen-bond acceptors (Lipinski definition) is 7. The minimum absolute atomic E-state index is 0.0652. The molecule has 2 unspecified atom stereocenters. The van der Waals surface area contributed by atoms with E-state index in [9.17, 15) is 32.5 Å². The summed E-state index contributed by atoms with van der Waals surface area (Å²) in [5.74, 6) is -2.72. The maximum Gasteiger partial charge on any atom is 0.391 e. The van der Waals surface area contributed by atoms with Gasteiger partial charge in [-0.2, -0.15) is 23.0 Å². The molecule has 1 aliphatic heterocycles. The molecular weight excluding hydrogens is 494 g/mol. The van der Waals surface area contributed by atoms with Gasteiger partial charge in [-0.25, -0.2) is 4.68 Å². The van der Waals surface area contributed by atoms with Crippen LogP contribution in [0.25, 0.3) is 10.6 Å². The lowest BCUT2D eigenvalue weighted by Gasteiger charge is -2.23. The quantitative estimate of drug-likeness (QED) is 0.302. The normalized spacial score (nSPS) is 18.7. The number of rotatable bonds is 5. The third-order valence-corrected chi connectivity index (χ3v) is 7.62. The fourth-order valence-corrected chi connectivity index (χ4v) is 5.34. The van der Waals surface area contributed by atoms with Gasteiger partial charge in [0, 0.05) is 12.2 Å². The lowest BCUT2D eigenvalue weighted by atomic mass is 10.1. The molecule has 14 heteroatoms. The number of hydrogen-bond donors (Lipinski definition) is 4. The molecule has 1 aliphatic rings. The molecule has 34 heavy (non-hydrogen) atoms. The van der Waals surface area contributed by atoms with Gasteiger partial charge in [0.25, 0.3) is 5.56 Å². The first-order valence-electron chi connectivity index (χ1n) is 9.93. The number of nitrogens with two attached hydrogens (primary N) is 1. The second-order valence-electron chi connectivity index (χ2n) is 7.70. The fraction of sp³-hybridized carbons (Fsp3) is 0.250. The molecule has 9 nitrogen and oxygen atoms in total. The molecule has 0 amide bonds. The number of benzene rings is 1. The number of nitrogen functional groups attached to an aromatic ring is 1. The third-order valence-electron chi connectivity index (χ3n) is 5.28. The number of nitrogens with zero attached hydrogens (tertiary/aromatic N) is 3. The number of nitrogens with one attached hydrogen (secondary N) is 1. The van der Waals surface area contributed by atoms with Gasteiger partial charge in [0.15, 0.2) is 11.6 Å². The summed E-state index contributed by atoms with van der Waals surface area (Å²) in [6.07, 6.45) is -4.89. The zero-order valence-corrected chi connectivity index (χ0v) is 19.3. The summed E-state index contributed by atoms with van der Waals surface area (Å²) in [7, 11) is -4.39. The lowest BCUT2D eigenvalue weighted by molar-refractivity contribution is -0.171. The standard InChI is InChI=1S/C20H19F3N5O4PS/c1-10(20(21,22)23)6-7-28-19(30)15(17(29)16(26-28)14-3-2-8-34-14)18-25-12-5-4-11(24)9-13(12)33(31,32)27-18/h2-5,8-10,29H,6-7,24H2,1H3,(H2,25,27,31,32). The van der Waals surface area contributed by atoms with Crippen LogP contribution in [0.3, 0.4) is 0 Å². The van der Waals surface area contributed by atoms with Gasteiger partial charge >= 0.3 is 13.7 Å². The van der Waals surface area contributed by atoms with Crippen molar-refractivity contribution in [3.05, 3.63) is 51.6 Å². The second kappa shape index (κ2) is 8.57. The van der Waals surface area contributed by atoms with Crippen molar-refractivity contribution in [3.8, 4) is 16.3 Å². The van der Waals surface area contributed by atoms with Gasteiger partial charge in [-0.15, -0.1) is 11.3 Å². The Morgan fingerprint density at radius 3 is 2.71 bits per heavy atom. The molecule has 1 aromatic carbocycles. The van der Waals surface area contributed by atoms with E-state index in [0.29, 0.717) is 4.88 Å². The first kappa shape index (κ1) is 24.0. The van der Waals surface area contributed by atoms with Gasteiger partial charge in [-0.1, -0.05) is 13.0 Å². The molecule has 0 bridgehead atoms. The highest BCUT2D eigenvalue weighted by Gasteiger charge is 2.36. The monoisotopic (exact) mass is 513 g/mol. The molecule has 0 spiro atoms. The Hall–Kier alpha value is -3.15. The number of amidine groups is 1. The van der Waals surface area contributed by atoms with Crippen LogP contribution in [0, 0.1) is 5.92 Å². The second-order valence-corrected chi connectivity index (χ2v) is 10.4. The zero-order chi connectivity index (χ0) is 24.8. The smallest absolute Gasteiger partial charge is 0.391 e. The molecule has 0 saturated carbocycles. The zero-order valence-electron chi connectivity index (χ0n) is 17.6. The van der Waals surface area contributed by atoms with E-state index in [-0.39, 0.29) is 22.4 Å². The van der Waals surface area contributed by atoms with Gasteiger partial charge < -0.3 is 21.1 Å². The third kappa shape index (κ3) is 4.46. The summed E-state index contributed by atoms with van der Waals surface area (Å²) in [5.41, 5.74) is 4.56. The Labute approximate surface area is 194 Å². The molecule has 3 aromatic rings. The van der Waals surface area contributed by atoms with E-state index in [0.717, 1.165) is 11.6 Å². The maximum absolute atomic E-state index is 13.2. The lowest BCUT2D eigenvalue weighted by Crippen LogP contribution is -2.35. The Morgan fingerprint density at radius 2 is 2.06 bits per heavy atom. The Bertz CT molecular complexity index is 1390. The van der Waals surface area contributed by atoms with E-state index < -0.39 is 55.3 Å². The highest BCUT2D eigenvalue weighted by Crippen LogP contribution is 2.47. The van der Waals surface area contributed by atoms with Crippen LogP contribution in [-0.4, -0.2) is 31.8 Å². The van der Waals surface area contributed by atoms with Crippen LogP contribution < -0.4 is 21.9 Å². The molecule has 0 aliphatic carbocycles. The molecule has 0 fully saturated rings. The molecular formula is C20H19F3N5O4PS. The number of fused-ring (bicyclic) bond motifs is 1. The van der Waals surface area contributed by atoms with Crippen LogP contribution in [0.1, 0.15) is 18.9 Å². The number of aromatic hydroxyl groups is 1. The van der Waals surface area contributed by atoms with Crippen LogP contribution in [-0.2, 0) is 11.1 Å². The van der Waals surface area contributed by atoms with E-state index in [4.69, 9.17) is 5.73 Å². The summed E-state index contributed by atoms with van der Waals surface area (Å²) in [6.45, 7) is 0.590. The van der Waals surface area contributed by atoms with Crippen LogP contribution in [0.15, 0.2) is 45.3 Å². The Morgan fingerprint density at radius 1 is 1.32 bits per heavy atom. The fourth-order valence-electron chi connectivity index (χ4n) is 3.34. The predicted octanol–water partition coefficient (Wildman–Crippen LogP) is 3.53. The average Bonchev–Trinajstić information content (AvgIpc) is 3.27. The molecule has 180 valence electrons. The van der Waals surface area contributed by atoms with Crippen LogP contribution in [0.4, 0.5) is 24.5 Å². The molecule has 4 rings (SSSR count). The molecule has 2 atom stereocenters. The van der Waals surface area contributed by atoms with Crippen LogP contribution in [0.5, 0.6) is 5.75 Å². The van der Waals surface area contributed by atoms with E-state index in [1.807, 2.05) is 0 Å². The highest BCUT2D eigenvalue weighted by molar-refractivity contribution is 7.65. The van der Waals surface area contributed by atoms with E-state index in [1.54, 1.807) is 17.5 Å². The molecule has 3 heterocycles. The van der Waals surface area contributed by atoms with Gasteiger partial charge in [-0.3, -0.25) is 9.36 Å². The van der Waals surface area contributed by atoms with Gasteiger partial charge in [0.05, 0.1) is 21.8 Å². The summed E-state index contributed by atoms with van der Waals surface area (Å²) in [6, 6.07) is 7.43. The number of alkyl halides is 3. The minimum atomic E-state index is -4.45. The number of halogens is 3. The van der Waals surface area contributed by atoms with Crippen LogP contribution >= 0.6 is 18.9 Å². The van der Waals surface area contributed by atoms with Crippen molar-refractivity contribution >= 4 is 41.4 Å². The summed E-state index contributed by atoms with van der Waals surface area (Å²) < 4.78 is 56.5. The van der Waals surface area contributed by atoms with Crippen molar-refractivity contribution in [1.82, 2.24) is 9.78 Å². The van der Waals surface area contributed by atoms with Crippen molar-refractivity contribution < 1.29 is 27.7 Å². The minimum Gasteiger partial charge on any atom is -0.505 e. The van der Waals surface area contributed by atoms with Gasteiger partial charge in [0.1, 0.15) is 11.3 Å². The van der Waals surface area contributed by atoms with Crippen molar-refractivity contribution in [2.75, 3.05) is 11.1 Å². The van der Waals surface area contributed by atoms with Crippen LogP contribution in [0.2, 0.25) is 0 Å². The van der Waals surface area contributed by atoms with Gasteiger partial charge in [0.2, 0.25) is 0 Å². The van der Waals surface area contributed by atoms with E-state index >= 15 is 0 Å². The number of thiophene rings is 1. The first-order chi connectivity index (χ1) is 15.9. The van der Waals surface area contributed by atoms with E-state index in [2.05, 4.69) is 15.2 Å². The first-order valence-corrected chi connectivity index (χ1v) is 12.4. The van der Waals surface area contributed by atoms with Crippen molar-refractivity contribution in [2.24, 2.45) is 10.7 Å². The number of anilines is 2. The van der Waals surface area contributed by atoms with Crippen molar-refractivity contribution in [3.63, 3.8) is 0 Å². The number of aryl methyl sites for hydroxylation is 1. The topological polar surface area (TPSA) is 143 Å². The van der Waals surface area contributed by atoms with Gasteiger partial charge in [-0.05, 0) is 36.1 Å². The Balaban J connectivity index is 1.86. The van der Waals surface area contributed by atoms with Crippen molar-refractivity contribution in [1.29, 1.82) is 0 Å². The largest absolute Gasteiger partial charge is 0.505 e. The van der Waals surface area contributed by atoms with E-state index in [1.165, 1.54) is 29.5 Å². The summed E-state index contributed by atoms with van der Waals surface area (Å²) >= 11 is 1.18.